The maximum Gasteiger partial charge on any atom is 0.137 e. The molecule has 96 valence electrons. The quantitative estimate of drug-likeness (QED) is 0.760. The number of nitrogens with two attached hydrogens (primary N) is 1. The molecule has 0 spiro atoms. The van der Waals surface area contributed by atoms with Gasteiger partial charge in [-0.1, -0.05) is 29.8 Å². The van der Waals surface area contributed by atoms with Gasteiger partial charge in [0.2, 0.25) is 0 Å². The molecule has 2 heterocycles. The number of hydrogen-bond donors (Lipinski definition) is 1. The molecule has 0 bridgehead atoms. The van der Waals surface area contributed by atoms with Crippen molar-refractivity contribution in [2.45, 2.75) is 20.3 Å². The van der Waals surface area contributed by atoms with E-state index < -0.39 is 0 Å². The van der Waals surface area contributed by atoms with Crippen LogP contribution in [0.15, 0.2) is 42.6 Å². The van der Waals surface area contributed by atoms with Gasteiger partial charge in [-0.2, -0.15) is 0 Å². The van der Waals surface area contributed by atoms with E-state index in [1.807, 2.05) is 19.1 Å². The monoisotopic (exact) mass is 251 g/mol. The van der Waals surface area contributed by atoms with Crippen LogP contribution in [-0.2, 0) is 6.42 Å². The predicted molar refractivity (Wildman–Crippen MR) is 78.3 cm³/mol. The van der Waals surface area contributed by atoms with Crippen molar-refractivity contribution in [3.63, 3.8) is 0 Å². The van der Waals surface area contributed by atoms with Gasteiger partial charge in [-0.15, -0.1) is 0 Å². The maximum atomic E-state index is 5.92. The van der Waals surface area contributed by atoms with Crippen molar-refractivity contribution in [2.75, 3.05) is 5.73 Å². The fraction of sp³-hybridized carbons (Fsp3) is 0.188. The summed E-state index contributed by atoms with van der Waals surface area (Å²) in [5.41, 5.74) is 12.3. The van der Waals surface area contributed by atoms with Crippen LogP contribution in [-0.4, -0.2) is 9.38 Å². The van der Waals surface area contributed by atoms with Gasteiger partial charge in [0.25, 0.3) is 0 Å². The zero-order valence-corrected chi connectivity index (χ0v) is 11.2. The van der Waals surface area contributed by atoms with E-state index in [1.54, 1.807) is 0 Å². The van der Waals surface area contributed by atoms with E-state index in [1.165, 1.54) is 11.1 Å². The number of nitrogen functional groups attached to an aromatic ring is 1. The largest absolute Gasteiger partial charge is 0.397 e. The molecule has 2 N–H and O–H groups in total. The van der Waals surface area contributed by atoms with Crippen molar-refractivity contribution in [1.29, 1.82) is 0 Å². The average Bonchev–Trinajstić information content (AvgIpc) is 2.80. The summed E-state index contributed by atoms with van der Waals surface area (Å²) >= 11 is 0. The number of aryl methyl sites for hydroxylation is 2. The number of pyridine rings is 1. The van der Waals surface area contributed by atoms with E-state index in [0.29, 0.717) is 0 Å². The highest BCUT2D eigenvalue weighted by Gasteiger charge is 2.06. The van der Waals surface area contributed by atoms with Gasteiger partial charge in [-0.3, -0.25) is 0 Å². The van der Waals surface area contributed by atoms with Crippen molar-refractivity contribution >= 4 is 11.3 Å². The smallest absolute Gasteiger partial charge is 0.137 e. The highest BCUT2D eigenvalue weighted by Crippen LogP contribution is 2.16. The number of nitrogens with zero attached hydrogens (tertiary/aromatic N) is 2. The third-order valence-corrected chi connectivity index (χ3v) is 3.48. The van der Waals surface area contributed by atoms with E-state index in [0.717, 1.165) is 29.1 Å². The number of anilines is 1. The Balaban J connectivity index is 1.97. The van der Waals surface area contributed by atoms with Crippen LogP contribution in [0.3, 0.4) is 0 Å². The van der Waals surface area contributed by atoms with Gasteiger partial charge in [-0.25, -0.2) is 4.98 Å². The highest BCUT2D eigenvalue weighted by molar-refractivity contribution is 5.53. The van der Waals surface area contributed by atoms with Crippen molar-refractivity contribution in [1.82, 2.24) is 9.38 Å². The van der Waals surface area contributed by atoms with Crippen LogP contribution in [0.2, 0.25) is 0 Å². The lowest BCUT2D eigenvalue weighted by molar-refractivity contribution is 1.08. The summed E-state index contributed by atoms with van der Waals surface area (Å²) < 4.78 is 2.05. The lowest BCUT2D eigenvalue weighted by atomic mass is 10.1. The second-order valence-electron chi connectivity index (χ2n) is 5.00. The fourth-order valence-corrected chi connectivity index (χ4v) is 2.26. The minimum atomic E-state index is 0.798. The summed E-state index contributed by atoms with van der Waals surface area (Å²) in [5, 5.41) is 0. The molecule has 0 aliphatic heterocycles. The Morgan fingerprint density at radius 1 is 1.05 bits per heavy atom. The molecular formula is C16H17N3. The Labute approximate surface area is 112 Å². The molecule has 1 aromatic carbocycles. The Hall–Kier alpha value is -2.29. The molecule has 0 aliphatic carbocycles. The van der Waals surface area contributed by atoms with Crippen molar-refractivity contribution in [3.8, 4) is 0 Å². The molecule has 0 saturated heterocycles. The molecule has 0 fully saturated rings. The predicted octanol–water partition coefficient (Wildman–Crippen LogP) is 3.12. The normalized spacial score (nSPS) is 11.1. The summed E-state index contributed by atoms with van der Waals surface area (Å²) in [6.45, 7) is 4.11. The third kappa shape index (κ3) is 2.19. The molecule has 0 amide bonds. The van der Waals surface area contributed by atoms with Crippen molar-refractivity contribution < 1.29 is 0 Å². The van der Waals surface area contributed by atoms with E-state index in [9.17, 15) is 0 Å². The van der Waals surface area contributed by atoms with E-state index in [2.05, 4.69) is 46.8 Å². The van der Waals surface area contributed by atoms with E-state index in [4.69, 9.17) is 5.73 Å². The number of fused-ring (bicyclic) bond motifs is 1. The zero-order chi connectivity index (χ0) is 13.4. The van der Waals surface area contributed by atoms with Gasteiger partial charge in [0.1, 0.15) is 5.65 Å². The van der Waals surface area contributed by atoms with Crippen LogP contribution in [0, 0.1) is 13.8 Å². The fourth-order valence-electron chi connectivity index (χ4n) is 2.26. The Morgan fingerprint density at radius 2 is 1.79 bits per heavy atom. The Kier molecular flexibility index (Phi) is 2.75. The van der Waals surface area contributed by atoms with E-state index in [-0.39, 0.29) is 0 Å². The topological polar surface area (TPSA) is 43.3 Å². The van der Waals surface area contributed by atoms with Gasteiger partial charge in [-0.05, 0) is 31.5 Å². The van der Waals surface area contributed by atoms with Crippen molar-refractivity contribution in [2.24, 2.45) is 0 Å². The molecule has 3 rings (SSSR count). The van der Waals surface area contributed by atoms with Crippen LogP contribution in [0.1, 0.15) is 22.5 Å². The first-order chi connectivity index (χ1) is 9.13. The number of rotatable bonds is 2. The van der Waals surface area contributed by atoms with Gasteiger partial charge in [0.05, 0.1) is 11.4 Å². The number of imidazole rings is 1. The van der Waals surface area contributed by atoms with Crippen molar-refractivity contribution in [3.05, 3.63) is 65.1 Å². The van der Waals surface area contributed by atoms with Crippen LogP contribution in [0.5, 0.6) is 0 Å². The minimum Gasteiger partial charge on any atom is -0.397 e. The molecule has 3 heteroatoms. The molecule has 2 aromatic heterocycles. The first kappa shape index (κ1) is 11.8. The lowest BCUT2D eigenvalue weighted by Gasteiger charge is -2.01. The number of aromatic nitrogens is 2. The van der Waals surface area contributed by atoms with Crippen LogP contribution >= 0.6 is 0 Å². The Bertz CT molecular complexity index is 724. The third-order valence-electron chi connectivity index (χ3n) is 3.48. The summed E-state index contributed by atoms with van der Waals surface area (Å²) in [6, 6.07) is 12.4. The summed E-state index contributed by atoms with van der Waals surface area (Å²) in [5.74, 6) is 0. The summed E-state index contributed by atoms with van der Waals surface area (Å²) in [6.07, 6.45) is 2.92. The van der Waals surface area contributed by atoms with Crippen LogP contribution in [0.25, 0.3) is 5.65 Å². The summed E-state index contributed by atoms with van der Waals surface area (Å²) in [7, 11) is 0. The maximum absolute atomic E-state index is 5.92. The van der Waals surface area contributed by atoms with Crippen LogP contribution in [0.4, 0.5) is 5.69 Å². The molecule has 0 unspecified atom stereocenters. The van der Waals surface area contributed by atoms with Crippen LogP contribution < -0.4 is 5.73 Å². The van der Waals surface area contributed by atoms with Gasteiger partial charge in [0, 0.05) is 18.3 Å². The SMILES string of the molecule is Cc1ccc(Cc2cn3c(C)c(N)ccc3n2)cc1. The molecule has 19 heavy (non-hydrogen) atoms. The average molecular weight is 251 g/mol. The molecule has 0 aliphatic rings. The molecule has 3 aromatic rings. The molecule has 0 atom stereocenters. The minimum absolute atomic E-state index is 0.798. The van der Waals surface area contributed by atoms with Gasteiger partial charge >= 0.3 is 0 Å². The lowest BCUT2D eigenvalue weighted by Crippen LogP contribution is -1.96. The molecule has 3 nitrogen and oxygen atoms in total. The molecular weight excluding hydrogens is 234 g/mol. The second-order valence-corrected chi connectivity index (χ2v) is 5.00. The first-order valence-corrected chi connectivity index (χ1v) is 6.42. The first-order valence-electron chi connectivity index (χ1n) is 6.42. The zero-order valence-electron chi connectivity index (χ0n) is 11.2. The summed E-state index contributed by atoms with van der Waals surface area (Å²) in [4.78, 5) is 4.64. The van der Waals surface area contributed by atoms with E-state index >= 15 is 0 Å². The molecule has 0 radical (unpaired) electrons. The standard InChI is InChI=1S/C16H17N3/c1-11-3-5-13(6-4-11)9-14-10-19-12(2)15(17)7-8-16(19)18-14/h3-8,10H,9,17H2,1-2H3. The number of hydrogen-bond acceptors (Lipinski definition) is 2. The number of benzene rings is 1. The Morgan fingerprint density at radius 3 is 2.53 bits per heavy atom. The molecule has 0 saturated carbocycles. The second kappa shape index (κ2) is 4.43. The highest BCUT2D eigenvalue weighted by atomic mass is 15.0. The van der Waals surface area contributed by atoms with Gasteiger partial charge in [0.15, 0.2) is 0 Å². The van der Waals surface area contributed by atoms with Gasteiger partial charge < -0.3 is 10.1 Å².